The van der Waals surface area contributed by atoms with Gasteiger partial charge < -0.3 is 0 Å². The first-order valence-corrected chi connectivity index (χ1v) is 9.34. The van der Waals surface area contributed by atoms with Gasteiger partial charge in [-0.3, -0.25) is 0 Å². The maximum atomic E-state index is 3.86. The lowest BCUT2D eigenvalue weighted by atomic mass is 9.75. The molecule has 0 heterocycles. The number of rotatable bonds is 3. The molecule has 3 rings (SSSR count). The van der Waals surface area contributed by atoms with Crippen LogP contribution in [0.3, 0.4) is 0 Å². The highest BCUT2D eigenvalue weighted by Crippen LogP contribution is 2.36. The average molecular weight is 333 g/mol. The van der Waals surface area contributed by atoms with Gasteiger partial charge in [0.05, 0.1) is 0 Å². The summed E-state index contributed by atoms with van der Waals surface area (Å²) in [7, 11) is 0. The summed E-state index contributed by atoms with van der Waals surface area (Å²) in [5, 5.41) is 0. The Morgan fingerprint density at radius 2 is 1.68 bits per heavy atom. The van der Waals surface area contributed by atoms with Crippen LogP contribution in [0.1, 0.15) is 61.4 Å². The summed E-state index contributed by atoms with van der Waals surface area (Å²) >= 11 is 0. The maximum Gasteiger partial charge on any atom is -0.0103 e. The van der Waals surface area contributed by atoms with Crippen molar-refractivity contribution in [2.75, 3.05) is 0 Å². The number of hydrogen-bond acceptors (Lipinski definition) is 0. The van der Waals surface area contributed by atoms with E-state index < -0.39 is 0 Å². The Kier molecular flexibility index (Phi) is 6.42. The number of aryl methyl sites for hydroxylation is 2. The second-order valence-electron chi connectivity index (χ2n) is 7.76. The zero-order chi connectivity index (χ0) is 18.4. The maximum absolute atomic E-state index is 3.86. The predicted octanol–water partition coefficient (Wildman–Crippen LogP) is 7.40. The van der Waals surface area contributed by atoms with Crippen molar-refractivity contribution in [2.24, 2.45) is 5.41 Å². The smallest absolute Gasteiger partial charge is 0.0103 e. The van der Waals surface area contributed by atoms with Crippen LogP contribution in [0.5, 0.6) is 0 Å². The Labute approximate surface area is 154 Å². The van der Waals surface area contributed by atoms with E-state index in [2.05, 4.69) is 88.9 Å². The first kappa shape index (κ1) is 19.2. The van der Waals surface area contributed by atoms with Crippen molar-refractivity contribution >= 4 is 11.6 Å². The minimum absolute atomic E-state index is 0.386. The molecule has 0 bridgehead atoms. The van der Waals surface area contributed by atoms with Crippen molar-refractivity contribution < 1.29 is 0 Å². The Balaban J connectivity index is 0.000000196. The SMILES string of the molecule is C=C(C)c1ccc(C)cc1.CCCC1(C)C=Cc2cc(C)ccc2C1. The van der Waals surface area contributed by atoms with Crippen LogP contribution >= 0.6 is 0 Å². The highest BCUT2D eigenvalue weighted by atomic mass is 14.3. The van der Waals surface area contributed by atoms with E-state index in [0.29, 0.717) is 5.41 Å². The van der Waals surface area contributed by atoms with Gasteiger partial charge in [-0.05, 0) is 55.7 Å². The van der Waals surface area contributed by atoms with Gasteiger partial charge in [0, 0.05) is 0 Å². The zero-order valence-corrected chi connectivity index (χ0v) is 16.5. The molecule has 132 valence electrons. The van der Waals surface area contributed by atoms with Crippen molar-refractivity contribution in [1.82, 2.24) is 0 Å². The van der Waals surface area contributed by atoms with Crippen molar-refractivity contribution in [3.8, 4) is 0 Å². The molecular weight excluding hydrogens is 300 g/mol. The second kappa shape index (κ2) is 8.34. The Bertz CT molecular complexity index is 746. The van der Waals surface area contributed by atoms with Crippen molar-refractivity contribution in [1.29, 1.82) is 0 Å². The fraction of sp³-hybridized carbons (Fsp3) is 0.360. The van der Waals surface area contributed by atoms with Gasteiger partial charge in [-0.25, -0.2) is 0 Å². The fourth-order valence-electron chi connectivity index (χ4n) is 3.40. The van der Waals surface area contributed by atoms with E-state index in [1.807, 2.05) is 6.92 Å². The largest absolute Gasteiger partial charge is 0.0955 e. The summed E-state index contributed by atoms with van der Waals surface area (Å²) in [6.45, 7) is 14.8. The van der Waals surface area contributed by atoms with Crippen molar-refractivity contribution in [3.05, 3.63) is 82.9 Å². The van der Waals surface area contributed by atoms with Gasteiger partial charge in [0.2, 0.25) is 0 Å². The molecule has 0 saturated carbocycles. The van der Waals surface area contributed by atoms with Gasteiger partial charge in [-0.2, -0.15) is 0 Å². The van der Waals surface area contributed by atoms with Gasteiger partial charge in [-0.15, -0.1) is 0 Å². The van der Waals surface area contributed by atoms with Crippen LogP contribution in [-0.2, 0) is 6.42 Å². The molecule has 25 heavy (non-hydrogen) atoms. The van der Waals surface area contributed by atoms with Crippen LogP contribution in [0.25, 0.3) is 11.6 Å². The van der Waals surface area contributed by atoms with Crippen molar-refractivity contribution in [2.45, 2.75) is 53.9 Å². The van der Waals surface area contributed by atoms with E-state index in [9.17, 15) is 0 Å². The van der Waals surface area contributed by atoms with E-state index in [-0.39, 0.29) is 0 Å². The van der Waals surface area contributed by atoms with E-state index in [1.54, 1.807) is 0 Å². The summed E-state index contributed by atoms with van der Waals surface area (Å²) in [6.07, 6.45) is 8.46. The zero-order valence-electron chi connectivity index (χ0n) is 16.5. The molecule has 0 spiro atoms. The molecule has 0 fully saturated rings. The molecule has 0 amide bonds. The third-order valence-corrected chi connectivity index (χ3v) is 4.93. The number of fused-ring (bicyclic) bond motifs is 1. The monoisotopic (exact) mass is 332 g/mol. The van der Waals surface area contributed by atoms with E-state index >= 15 is 0 Å². The van der Waals surface area contributed by atoms with Gasteiger partial charge in [-0.1, -0.05) is 98.2 Å². The van der Waals surface area contributed by atoms with Crippen LogP contribution in [0.15, 0.2) is 55.1 Å². The molecule has 0 heteroatoms. The third kappa shape index (κ3) is 5.46. The van der Waals surface area contributed by atoms with Crippen LogP contribution in [0.4, 0.5) is 0 Å². The molecule has 2 aromatic rings. The molecule has 0 saturated heterocycles. The molecule has 1 unspecified atom stereocenters. The Hall–Kier alpha value is -2.08. The number of hydrogen-bond donors (Lipinski definition) is 0. The molecular formula is C25H32. The highest BCUT2D eigenvalue weighted by Gasteiger charge is 2.24. The lowest BCUT2D eigenvalue weighted by Crippen LogP contribution is -2.19. The first-order chi connectivity index (χ1) is 11.8. The molecule has 1 aliphatic rings. The molecule has 0 nitrogen and oxygen atoms in total. The normalized spacial score (nSPS) is 18.1. The average Bonchev–Trinajstić information content (AvgIpc) is 2.56. The van der Waals surface area contributed by atoms with Crippen LogP contribution < -0.4 is 0 Å². The van der Waals surface area contributed by atoms with E-state index in [0.717, 1.165) is 5.57 Å². The van der Waals surface area contributed by atoms with E-state index in [1.165, 1.54) is 47.1 Å². The standard InChI is InChI=1S/C15H20.C10H12/c1-4-8-15(3)9-7-13-10-12(2)5-6-14(13)11-15;1-8(2)10-6-4-9(3)5-7-10/h5-7,9-10H,4,8,11H2,1-3H3;4-7H,1H2,2-3H3. The molecule has 1 aliphatic carbocycles. The van der Waals surface area contributed by atoms with Crippen LogP contribution in [0, 0.1) is 19.3 Å². The predicted molar refractivity (Wildman–Crippen MR) is 113 cm³/mol. The minimum Gasteiger partial charge on any atom is -0.0955 e. The summed E-state index contributed by atoms with van der Waals surface area (Å²) in [5.74, 6) is 0. The molecule has 2 aromatic carbocycles. The summed E-state index contributed by atoms with van der Waals surface area (Å²) in [4.78, 5) is 0. The molecule has 0 N–H and O–H groups in total. The molecule has 0 aromatic heterocycles. The Morgan fingerprint density at radius 3 is 2.28 bits per heavy atom. The van der Waals surface area contributed by atoms with Gasteiger partial charge >= 0.3 is 0 Å². The summed E-state index contributed by atoms with van der Waals surface area (Å²) < 4.78 is 0. The van der Waals surface area contributed by atoms with Crippen LogP contribution in [-0.4, -0.2) is 0 Å². The quantitative estimate of drug-likeness (QED) is 0.549. The fourth-order valence-corrected chi connectivity index (χ4v) is 3.40. The topological polar surface area (TPSA) is 0 Å². The Morgan fingerprint density at radius 1 is 1.04 bits per heavy atom. The number of benzene rings is 2. The summed E-state index contributed by atoms with van der Waals surface area (Å²) in [5.41, 5.74) is 8.33. The van der Waals surface area contributed by atoms with Crippen LogP contribution in [0.2, 0.25) is 0 Å². The lowest BCUT2D eigenvalue weighted by Gasteiger charge is -2.30. The minimum atomic E-state index is 0.386. The second-order valence-corrected chi connectivity index (χ2v) is 7.76. The number of allylic oxidation sites excluding steroid dienone is 2. The lowest BCUT2D eigenvalue weighted by molar-refractivity contribution is 0.382. The van der Waals surface area contributed by atoms with Gasteiger partial charge in [0.25, 0.3) is 0 Å². The first-order valence-electron chi connectivity index (χ1n) is 9.34. The molecule has 0 radical (unpaired) electrons. The highest BCUT2D eigenvalue weighted by molar-refractivity contribution is 5.61. The van der Waals surface area contributed by atoms with E-state index in [4.69, 9.17) is 0 Å². The van der Waals surface area contributed by atoms with Crippen molar-refractivity contribution in [3.63, 3.8) is 0 Å². The third-order valence-electron chi connectivity index (χ3n) is 4.93. The van der Waals surface area contributed by atoms with Gasteiger partial charge in [0.1, 0.15) is 0 Å². The van der Waals surface area contributed by atoms with Gasteiger partial charge in [0.15, 0.2) is 0 Å². The molecule has 1 atom stereocenters. The summed E-state index contributed by atoms with van der Waals surface area (Å²) in [6, 6.07) is 15.2. The molecule has 0 aliphatic heterocycles.